The zero-order chi connectivity index (χ0) is 16.7. The number of amides is 1. The van der Waals surface area contributed by atoms with E-state index < -0.39 is 10.0 Å². The lowest BCUT2D eigenvalue weighted by Crippen LogP contribution is -2.30. The molecule has 1 aliphatic carbocycles. The standard InChI is InChI=1S/C15H23N3O4S/c1-22-9-8-16-11-15(19)18-13-4-6-14(7-5-13)23(20,21)17-10-12-2-3-12/h4-7,12,16-17H,2-3,8-11H2,1H3,(H,18,19). The van der Waals surface area contributed by atoms with Gasteiger partial charge in [-0.1, -0.05) is 0 Å². The summed E-state index contributed by atoms with van der Waals surface area (Å²) in [5, 5.41) is 5.63. The molecule has 1 aromatic rings. The van der Waals surface area contributed by atoms with Crippen LogP contribution in [0.15, 0.2) is 29.2 Å². The summed E-state index contributed by atoms with van der Waals surface area (Å²) < 4.78 is 31.6. The third kappa shape index (κ3) is 6.26. The molecule has 0 heterocycles. The molecule has 8 heteroatoms. The van der Waals surface area contributed by atoms with Crippen molar-refractivity contribution in [3.05, 3.63) is 24.3 Å². The van der Waals surface area contributed by atoms with Crippen molar-refractivity contribution in [2.45, 2.75) is 17.7 Å². The molecule has 1 fully saturated rings. The van der Waals surface area contributed by atoms with Crippen LogP contribution < -0.4 is 15.4 Å². The zero-order valence-corrected chi connectivity index (χ0v) is 14.0. The summed E-state index contributed by atoms with van der Waals surface area (Å²) in [6, 6.07) is 6.14. The minimum Gasteiger partial charge on any atom is -0.383 e. The molecule has 1 saturated carbocycles. The molecule has 0 aromatic heterocycles. The highest BCUT2D eigenvalue weighted by Gasteiger charge is 2.24. The van der Waals surface area contributed by atoms with E-state index in [4.69, 9.17) is 4.74 Å². The number of sulfonamides is 1. The molecular weight excluding hydrogens is 318 g/mol. The number of hydrogen-bond acceptors (Lipinski definition) is 5. The summed E-state index contributed by atoms with van der Waals surface area (Å²) in [4.78, 5) is 11.9. The van der Waals surface area contributed by atoms with Crippen molar-refractivity contribution in [2.24, 2.45) is 5.92 Å². The molecule has 3 N–H and O–H groups in total. The van der Waals surface area contributed by atoms with Crippen LogP contribution >= 0.6 is 0 Å². The minimum atomic E-state index is -3.47. The predicted molar refractivity (Wildman–Crippen MR) is 87.7 cm³/mol. The van der Waals surface area contributed by atoms with E-state index in [0.29, 0.717) is 31.3 Å². The number of benzene rings is 1. The first-order chi connectivity index (χ1) is 11.0. The molecule has 0 radical (unpaired) electrons. The van der Waals surface area contributed by atoms with Gasteiger partial charge in [-0.25, -0.2) is 13.1 Å². The average molecular weight is 341 g/mol. The lowest BCUT2D eigenvalue weighted by Gasteiger charge is -2.09. The Morgan fingerprint density at radius 3 is 2.57 bits per heavy atom. The van der Waals surface area contributed by atoms with Crippen molar-refractivity contribution in [3.8, 4) is 0 Å². The summed E-state index contributed by atoms with van der Waals surface area (Å²) in [5.74, 6) is 0.289. The van der Waals surface area contributed by atoms with Crippen LogP contribution in [0.25, 0.3) is 0 Å². The van der Waals surface area contributed by atoms with Gasteiger partial charge in [-0.2, -0.15) is 0 Å². The fraction of sp³-hybridized carbons (Fsp3) is 0.533. The molecule has 1 aliphatic rings. The normalized spacial score (nSPS) is 14.7. The summed E-state index contributed by atoms with van der Waals surface area (Å²) in [7, 11) is -1.88. The molecule has 128 valence electrons. The summed E-state index contributed by atoms with van der Waals surface area (Å²) in [6.07, 6.45) is 2.18. The first-order valence-corrected chi connectivity index (χ1v) is 9.09. The Hall–Kier alpha value is -1.48. The van der Waals surface area contributed by atoms with Gasteiger partial charge in [0.2, 0.25) is 15.9 Å². The number of carbonyl (C=O) groups excluding carboxylic acids is 1. The van der Waals surface area contributed by atoms with Crippen LogP contribution in [0.3, 0.4) is 0 Å². The van der Waals surface area contributed by atoms with Crippen LogP contribution in [0.2, 0.25) is 0 Å². The van der Waals surface area contributed by atoms with E-state index in [2.05, 4.69) is 15.4 Å². The molecular formula is C15H23N3O4S. The molecule has 0 atom stereocenters. The van der Waals surface area contributed by atoms with Crippen molar-refractivity contribution < 1.29 is 17.9 Å². The second-order valence-corrected chi connectivity index (χ2v) is 7.30. The largest absolute Gasteiger partial charge is 0.383 e. The zero-order valence-electron chi connectivity index (χ0n) is 13.2. The third-order valence-corrected chi connectivity index (χ3v) is 4.92. The number of rotatable bonds is 10. The maximum absolute atomic E-state index is 12.1. The van der Waals surface area contributed by atoms with Crippen LogP contribution in [0.1, 0.15) is 12.8 Å². The Balaban J connectivity index is 1.82. The molecule has 1 aromatic carbocycles. The van der Waals surface area contributed by atoms with Crippen LogP contribution in [0.4, 0.5) is 5.69 Å². The highest BCUT2D eigenvalue weighted by Crippen LogP contribution is 2.28. The van der Waals surface area contributed by atoms with Crippen molar-refractivity contribution in [1.82, 2.24) is 10.0 Å². The molecule has 0 unspecified atom stereocenters. The van der Waals surface area contributed by atoms with Crippen molar-refractivity contribution in [2.75, 3.05) is 38.7 Å². The Morgan fingerprint density at radius 2 is 1.96 bits per heavy atom. The Bertz CT molecular complexity index is 612. The van der Waals surface area contributed by atoms with E-state index in [9.17, 15) is 13.2 Å². The Labute approximate surface area is 136 Å². The van der Waals surface area contributed by atoms with Gasteiger partial charge in [0.15, 0.2) is 0 Å². The van der Waals surface area contributed by atoms with Crippen molar-refractivity contribution >= 4 is 21.6 Å². The molecule has 1 amide bonds. The molecule has 0 spiro atoms. The van der Waals surface area contributed by atoms with Gasteiger partial charge in [-0.3, -0.25) is 4.79 Å². The summed E-state index contributed by atoms with van der Waals surface area (Å²) >= 11 is 0. The van der Waals surface area contributed by atoms with Crippen LogP contribution in [-0.4, -0.2) is 47.7 Å². The average Bonchev–Trinajstić information content (AvgIpc) is 3.35. The van der Waals surface area contributed by atoms with E-state index in [1.54, 1.807) is 19.2 Å². The highest BCUT2D eigenvalue weighted by atomic mass is 32.2. The van der Waals surface area contributed by atoms with Gasteiger partial charge in [0.05, 0.1) is 18.0 Å². The number of carbonyl (C=O) groups is 1. The smallest absolute Gasteiger partial charge is 0.240 e. The fourth-order valence-electron chi connectivity index (χ4n) is 1.93. The second kappa shape index (κ2) is 8.39. The van der Waals surface area contributed by atoms with Gasteiger partial charge >= 0.3 is 0 Å². The quantitative estimate of drug-likeness (QED) is 0.540. The van der Waals surface area contributed by atoms with Gasteiger partial charge in [0.1, 0.15) is 0 Å². The Morgan fingerprint density at radius 1 is 1.26 bits per heavy atom. The van der Waals surface area contributed by atoms with E-state index in [-0.39, 0.29) is 17.3 Å². The topological polar surface area (TPSA) is 96.5 Å². The Kier molecular flexibility index (Phi) is 6.52. The summed E-state index contributed by atoms with van der Waals surface area (Å²) in [6.45, 7) is 1.79. The van der Waals surface area contributed by atoms with Crippen LogP contribution in [-0.2, 0) is 19.6 Å². The highest BCUT2D eigenvalue weighted by molar-refractivity contribution is 7.89. The number of anilines is 1. The predicted octanol–water partition coefficient (Wildman–Crippen LogP) is 0.549. The monoisotopic (exact) mass is 341 g/mol. The summed E-state index contributed by atoms with van der Waals surface area (Å²) in [5.41, 5.74) is 0.560. The molecule has 23 heavy (non-hydrogen) atoms. The van der Waals surface area contributed by atoms with E-state index in [1.807, 2.05) is 0 Å². The van der Waals surface area contributed by atoms with Gasteiger partial charge in [0.25, 0.3) is 0 Å². The first-order valence-electron chi connectivity index (χ1n) is 7.60. The molecule has 2 rings (SSSR count). The SMILES string of the molecule is COCCNCC(=O)Nc1ccc(S(=O)(=O)NCC2CC2)cc1. The molecule has 0 bridgehead atoms. The van der Waals surface area contributed by atoms with Gasteiger partial charge in [0, 0.05) is 25.9 Å². The first kappa shape index (κ1) is 17.9. The van der Waals surface area contributed by atoms with Crippen molar-refractivity contribution in [1.29, 1.82) is 0 Å². The van der Waals surface area contributed by atoms with E-state index >= 15 is 0 Å². The fourth-order valence-corrected chi connectivity index (χ4v) is 3.05. The lowest BCUT2D eigenvalue weighted by atomic mass is 10.3. The van der Waals surface area contributed by atoms with E-state index in [0.717, 1.165) is 12.8 Å². The molecule has 7 nitrogen and oxygen atoms in total. The van der Waals surface area contributed by atoms with Crippen molar-refractivity contribution in [3.63, 3.8) is 0 Å². The third-order valence-electron chi connectivity index (χ3n) is 3.48. The maximum Gasteiger partial charge on any atom is 0.240 e. The number of methoxy groups -OCH3 is 1. The van der Waals surface area contributed by atoms with Gasteiger partial charge < -0.3 is 15.4 Å². The minimum absolute atomic E-state index is 0.173. The lowest BCUT2D eigenvalue weighted by molar-refractivity contribution is -0.115. The maximum atomic E-state index is 12.1. The number of ether oxygens (including phenoxy) is 1. The van der Waals surface area contributed by atoms with E-state index in [1.165, 1.54) is 12.1 Å². The molecule has 0 saturated heterocycles. The second-order valence-electron chi connectivity index (χ2n) is 5.54. The van der Waals surface area contributed by atoms with Gasteiger partial charge in [-0.05, 0) is 43.0 Å². The van der Waals surface area contributed by atoms with Gasteiger partial charge in [-0.15, -0.1) is 0 Å². The van der Waals surface area contributed by atoms with Crippen LogP contribution in [0.5, 0.6) is 0 Å². The number of nitrogens with one attached hydrogen (secondary N) is 3. The molecule has 0 aliphatic heterocycles. The van der Waals surface area contributed by atoms with Crippen LogP contribution in [0, 0.1) is 5.92 Å². The number of hydrogen-bond donors (Lipinski definition) is 3.